The quantitative estimate of drug-likeness (QED) is 0.144. The van der Waals surface area contributed by atoms with E-state index in [4.69, 9.17) is 0 Å². The first-order valence-corrected chi connectivity index (χ1v) is 18.3. The smallest absolute Gasteiger partial charge is 0.0811 e. The highest BCUT2D eigenvalue weighted by atomic mass is 32.2. The number of para-hydroxylation sites is 3. The molecule has 0 saturated carbocycles. The molecule has 0 unspecified atom stereocenters. The van der Waals surface area contributed by atoms with E-state index >= 15 is 0 Å². The first-order chi connectivity index (χ1) is 23.0. The lowest BCUT2D eigenvalue weighted by Gasteiger charge is -2.31. The molecule has 242 valence electrons. The summed E-state index contributed by atoms with van der Waals surface area (Å²) in [5.74, 6) is 0. The van der Waals surface area contributed by atoms with E-state index in [1.807, 2.05) is 23.5 Å². The van der Waals surface area contributed by atoms with Gasteiger partial charge in [-0.25, -0.2) is 0 Å². The number of hydrogen-bond acceptors (Lipinski definition) is 6. The van der Waals surface area contributed by atoms with E-state index in [0.717, 1.165) is 52.4 Å². The minimum absolute atomic E-state index is 1.06. The molecule has 2 aliphatic rings. The summed E-state index contributed by atoms with van der Waals surface area (Å²) < 4.78 is 0. The molecule has 0 radical (unpaired) electrons. The Labute approximate surface area is 286 Å². The third-order valence-electron chi connectivity index (χ3n) is 9.07. The van der Waals surface area contributed by atoms with Gasteiger partial charge in [-0.05, 0) is 68.3 Å². The molecule has 2 aromatic heterocycles. The number of rotatable bonds is 6. The van der Waals surface area contributed by atoms with E-state index in [1.54, 1.807) is 0 Å². The van der Waals surface area contributed by atoms with Crippen LogP contribution in [0.2, 0.25) is 0 Å². The number of fused-ring (bicyclic) bond motifs is 2. The molecule has 0 amide bonds. The van der Waals surface area contributed by atoms with Crippen molar-refractivity contribution in [2.75, 3.05) is 62.2 Å². The molecule has 0 atom stereocenters. The maximum atomic E-state index is 3.59. The third kappa shape index (κ3) is 7.06. The second kappa shape index (κ2) is 14.5. The van der Waals surface area contributed by atoms with E-state index in [2.05, 4.69) is 142 Å². The lowest BCUT2D eigenvalue weighted by atomic mass is 10.2. The molecule has 6 aromatic rings. The molecule has 2 saturated heterocycles. The molecule has 4 aromatic carbocycles. The zero-order valence-corrected chi connectivity index (χ0v) is 29.2. The Bertz CT molecular complexity index is 1970. The van der Waals surface area contributed by atoms with Crippen molar-refractivity contribution < 1.29 is 0 Å². The average Bonchev–Trinajstić information content (AvgIpc) is 3.61. The number of aromatic nitrogens is 2. The summed E-state index contributed by atoms with van der Waals surface area (Å²) in [5, 5.41) is 10.7. The van der Waals surface area contributed by atoms with Gasteiger partial charge in [-0.2, -0.15) is 0 Å². The van der Waals surface area contributed by atoms with Crippen LogP contribution < -0.4 is 20.4 Å². The van der Waals surface area contributed by atoms with Crippen molar-refractivity contribution in [3.05, 3.63) is 108 Å². The number of nitrogens with one attached hydrogen (secondary N) is 4. The van der Waals surface area contributed by atoms with Gasteiger partial charge in [0.2, 0.25) is 0 Å². The van der Waals surface area contributed by atoms with Crippen molar-refractivity contribution >= 4 is 56.7 Å². The van der Waals surface area contributed by atoms with Crippen molar-refractivity contribution in [1.29, 1.82) is 0 Å². The first-order valence-electron chi connectivity index (χ1n) is 16.7. The van der Waals surface area contributed by atoms with Crippen LogP contribution in [-0.4, -0.2) is 62.3 Å². The molecule has 47 heavy (non-hydrogen) atoms. The highest BCUT2D eigenvalue weighted by Gasteiger charge is 2.18. The fraction of sp³-hybridized carbons (Fsp3) is 0.282. The Kier molecular flexibility index (Phi) is 9.81. The minimum Gasteiger partial charge on any atom is -0.368 e. The van der Waals surface area contributed by atoms with Crippen molar-refractivity contribution in [1.82, 2.24) is 20.6 Å². The Morgan fingerprint density at radius 2 is 1.13 bits per heavy atom. The third-order valence-corrected chi connectivity index (χ3v) is 11.5. The van der Waals surface area contributed by atoms with Gasteiger partial charge >= 0.3 is 0 Å². The van der Waals surface area contributed by atoms with Gasteiger partial charge in [0.05, 0.1) is 16.4 Å². The van der Waals surface area contributed by atoms with Crippen LogP contribution in [0.1, 0.15) is 16.8 Å². The monoisotopic (exact) mass is 660 g/mol. The molecule has 2 fully saturated rings. The number of piperazine rings is 2. The summed E-state index contributed by atoms with van der Waals surface area (Å²) in [6.45, 7) is 15.1. The summed E-state index contributed by atoms with van der Waals surface area (Å²) in [4.78, 5) is 16.1. The van der Waals surface area contributed by atoms with Gasteiger partial charge in [0.1, 0.15) is 0 Å². The number of aryl methyl sites for hydroxylation is 3. The summed E-state index contributed by atoms with van der Waals surface area (Å²) >= 11 is 3.73. The largest absolute Gasteiger partial charge is 0.368 e. The Hall–Kier alpha value is -3.82. The van der Waals surface area contributed by atoms with Gasteiger partial charge in [0, 0.05) is 94.5 Å². The summed E-state index contributed by atoms with van der Waals surface area (Å²) in [5.41, 5.74) is 9.04. The van der Waals surface area contributed by atoms with Crippen LogP contribution in [-0.2, 0) is 0 Å². The van der Waals surface area contributed by atoms with Crippen molar-refractivity contribution in [2.45, 2.75) is 40.5 Å². The molecule has 0 bridgehead atoms. The molecule has 0 aliphatic carbocycles. The van der Waals surface area contributed by atoms with Crippen molar-refractivity contribution in [2.24, 2.45) is 0 Å². The molecule has 2 aliphatic heterocycles. The van der Waals surface area contributed by atoms with Crippen LogP contribution in [0, 0.1) is 20.8 Å². The number of aromatic amines is 2. The number of nitrogens with zero attached hydrogens (tertiary/aromatic N) is 2. The molecular weight excluding hydrogens is 617 g/mol. The standard InChI is InChI=1S/C20H23N3S.C19H21N3S/c1-14-7-8-19(18(13-14)23-11-9-21-10-12-23)24-20-15(2)16-5-3-4-6-17(16)22-20;1-14-19(15-6-2-3-7-16(15)21-14)23-18-9-5-4-8-17(18)22-12-10-20-11-13-22/h3-8,13,21-22H,9-12H2,1-2H3;2-9,20-21H,10-13H2,1H3. The zero-order chi connectivity index (χ0) is 32.2. The van der Waals surface area contributed by atoms with Crippen LogP contribution in [0.5, 0.6) is 0 Å². The second-order valence-corrected chi connectivity index (χ2v) is 14.5. The number of benzene rings is 4. The highest BCUT2D eigenvalue weighted by molar-refractivity contribution is 8.00. The predicted molar refractivity (Wildman–Crippen MR) is 202 cm³/mol. The molecule has 6 nitrogen and oxygen atoms in total. The van der Waals surface area contributed by atoms with E-state index < -0.39 is 0 Å². The fourth-order valence-electron chi connectivity index (χ4n) is 6.54. The van der Waals surface area contributed by atoms with Crippen molar-refractivity contribution in [3.8, 4) is 0 Å². The zero-order valence-electron chi connectivity index (χ0n) is 27.5. The van der Waals surface area contributed by atoms with E-state index in [0.29, 0.717) is 0 Å². The van der Waals surface area contributed by atoms with Gasteiger partial charge in [-0.15, -0.1) is 0 Å². The molecular formula is C39H44N6S2. The Morgan fingerprint density at radius 1 is 0.553 bits per heavy atom. The van der Waals surface area contributed by atoms with Crippen LogP contribution in [0.15, 0.2) is 111 Å². The SMILES string of the molecule is Cc1[nH]c2ccccc2c1Sc1ccccc1N1CCNCC1.Cc1ccc(Sc2[nH]c3ccccc3c2C)c(N2CCNCC2)c1. The maximum absolute atomic E-state index is 3.59. The summed E-state index contributed by atoms with van der Waals surface area (Å²) in [6, 6.07) is 32.7. The first kappa shape index (κ1) is 31.8. The van der Waals surface area contributed by atoms with E-state index in [-0.39, 0.29) is 0 Å². The number of anilines is 2. The predicted octanol–water partition coefficient (Wildman–Crippen LogP) is 8.38. The average molecular weight is 661 g/mol. The highest BCUT2D eigenvalue weighted by Crippen LogP contribution is 2.41. The normalized spacial score (nSPS) is 15.2. The van der Waals surface area contributed by atoms with Gasteiger partial charge in [-0.1, -0.05) is 78.1 Å². The van der Waals surface area contributed by atoms with Gasteiger partial charge < -0.3 is 30.4 Å². The van der Waals surface area contributed by atoms with Crippen molar-refractivity contribution in [3.63, 3.8) is 0 Å². The van der Waals surface area contributed by atoms with Gasteiger partial charge in [-0.3, -0.25) is 0 Å². The minimum atomic E-state index is 1.06. The van der Waals surface area contributed by atoms with Crippen LogP contribution >= 0.6 is 23.5 Å². The summed E-state index contributed by atoms with van der Waals surface area (Å²) in [6.07, 6.45) is 0. The molecule has 4 heterocycles. The fourth-order valence-corrected chi connectivity index (χ4v) is 8.77. The second-order valence-electron chi connectivity index (χ2n) is 12.4. The summed E-state index contributed by atoms with van der Waals surface area (Å²) in [7, 11) is 0. The van der Waals surface area contributed by atoms with Gasteiger partial charge in [0.15, 0.2) is 0 Å². The maximum Gasteiger partial charge on any atom is 0.0811 e. The molecule has 8 heteroatoms. The molecule has 8 rings (SSSR count). The van der Waals surface area contributed by atoms with Crippen LogP contribution in [0.25, 0.3) is 21.8 Å². The van der Waals surface area contributed by atoms with Crippen LogP contribution in [0.3, 0.4) is 0 Å². The van der Waals surface area contributed by atoms with E-state index in [1.165, 1.54) is 69.7 Å². The van der Waals surface area contributed by atoms with E-state index in [9.17, 15) is 0 Å². The lowest BCUT2D eigenvalue weighted by molar-refractivity contribution is 0.587. The molecule has 0 spiro atoms. The van der Waals surface area contributed by atoms with Gasteiger partial charge in [0.25, 0.3) is 0 Å². The number of H-pyrrole nitrogens is 2. The Balaban J connectivity index is 0.000000150. The molecule has 4 N–H and O–H groups in total. The number of hydrogen-bond donors (Lipinski definition) is 4. The van der Waals surface area contributed by atoms with Crippen LogP contribution in [0.4, 0.5) is 11.4 Å². The topological polar surface area (TPSA) is 62.1 Å². The Morgan fingerprint density at radius 3 is 1.83 bits per heavy atom. The lowest BCUT2D eigenvalue weighted by Crippen LogP contribution is -2.43.